The largest absolute Gasteiger partial charge is 0.464 e. The standard InChI is InChI=1S/C20H23ClF3N3O2S/c1-14-2-4-16(29-14)13-27(7-6-26-8-10-28-11-9-26)19(30)25-18-5-3-15(21)12-17(18)20(22,23)24/h2-5,12H,6-11,13H2,1H3,(H,25,30). The Morgan fingerprint density at radius 3 is 2.60 bits per heavy atom. The highest BCUT2D eigenvalue weighted by Crippen LogP contribution is 2.36. The molecule has 0 amide bonds. The Balaban J connectivity index is 1.75. The summed E-state index contributed by atoms with van der Waals surface area (Å²) in [5.74, 6) is 1.44. The van der Waals surface area contributed by atoms with E-state index in [0.717, 1.165) is 24.9 Å². The van der Waals surface area contributed by atoms with Gasteiger partial charge in [-0.25, -0.2) is 0 Å². The summed E-state index contributed by atoms with van der Waals surface area (Å²) in [6.45, 7) is 6.37. The fourth-order valence-corrected chi connectivity index (χ4v) is 3.59. The zero-order valence-electron chi connectivity index (χ0n) is 16.5. The minimum absolute atomic E-state index is 0.00836. The van der Waals surface area contributed by atoms with E-state index in [1.54, 1.807) is 4.90 Å². The van der Waals surface area contributed by atoms with Crippen molar-refractivity contribution in [2.75, 3.05) is 44.7 Å². The van der Waals surface area contributed by atoms with Crippen LogP contribution in [0.2, 0.25) is 5.02 Å². The monoisotopic (exact) mass is 461 g/mol. The number of morpholine rings is 1. The molecule has 1 aromatic heterocycles. The highest BCUT2D eigenvalue weighted by atomic mass is 35.5. The van der Waals surface area contributed by atoms with Gasteiger partial charge in [-0.05, 0) is 49.5 Å². The smallest absolute Gasteiger partial charge is 0.418 e. The fourth-order valence-electron chi connectivity index (χ4n) is 3.15. The first-order valence-corrected chi connectivity index (χ1v) is 10.3. The third-order valence-electron chi connectivity index (χ3n) is 4.75. The molecule has 0 radical (unpaired) electrons. The van der Waals surface area contributed by atoms with Gasteiger partial charge in [0.15, 0.2) is 5.11 Å². The molecule has 164 valence electrons. The molecule has 1 aliphatic heterocycles. The van der Waals surface area contributed by atoms with Crippen molar-refractivity contribution in [1.82, 2.24) is 9.80 Å². The number of aryl methyl sites for hydroxylation is 1. The second-order valence-electron chi connectivity index (χ2n) is 7.01. The van der Waals surface area contributed by atoms with Gasteiger partial charge in [0, 0.05) is 31.2 Å². The Morgan fingerprint density at radius 1 is 1.23 bits per heavy atom. The molecule has 1 N–H and O–H groups in total. The number of hydrogen-bond acceptors (Lipinski definition) is 4. The molecule has 0 saturated carbocycles. The van der Waals surface area contributed by atoms with Crippen LogP contribution in [0, 0.1) is 6.92 Å². The van der Waals surface area contributed by atoms with Crippen molar-refractivity contribution in [2.24, 2.45) is 0 Å². The lowest BCUT2D eigenvalue weighted by molar-refractivity contribution is -0.136. The maximum Gasteiger partial charge on any atom is 0.418 e. The van der Waals surface area contributed by atoms with Crippen LogP contribution < -0.4 is 5.32 Å². The van der Waals surface area contributed by atoms with Crippen LogP contribution in [-0.2, 0) is 17.5 Å². The Kier molecular flexibility index (Phi) is 7.62. The molecule has 0 unspecified atom stereocenters. The molecule has 0 atom stereocenters. The lowest BCUT2D eigenvalue weighted by atomic mass is 10.1. The van der Waals surface area contributed by atoms with Gasteiger partial charge in [-0.15, -0.1) is 0 Å². The van der Waals surface area contributed by atoms with Crippen LogP contribution in [0.15, 0.2) is 34.7 Å². The lowest BCUT2D eigenvalue weighted by Crippen LogP contribution is -2.44. The van der Waals surface area contributed by atoms with E-state index in [1.165, 1.54) is 12.1 Å². The number of hydrogen-bond donors (Lipinski definition) is 1. The molecule has 2 aromatic rings. The van der Waals surface area contributed by atoms with E-state index in [1.807, 2.05) is 19.1 Å². The van der Waals surface area contributed by atoms with Gasteiger partial charge < -0.3 is 19.4 Å². The second kappa shape index (κ2) is 10.00. The number of ether oxygens (including phenoxy) is 1. The molecule has 5 nitrogen and oxygen atoms in total. The number of anilines is 1. The number of rotatable bonds is 6. The molecule has 1 fully saturated rings. The molecule has 0 bridgehead atoms. The predicted octanol–water partition coefficient (Wildman–Crippen LogP) is 4.79. The summed E-state index contributed by atoms with van der Waals surface area (Å²) in [4.78, 5) is 4.04. The molecule has 30 heavy (non-hydrogen) atoms. The van der Waals surface area contributed by atoms with Crippen LogP contribution >= 0.6 is 23.8 Å². The summed E-state index contributed by atoms with van der Waals surface area (Å²) in [5.41, 5.74) is -0.997. The number of nitrogens with zero attached hydrogens (tertiary/aromatic N) is 2. The number of halogens is 4. The molecule has 1 aliphatic rings. The number of furan rings is 1. The Hall–Kier alpha value is -1.81. The van der Waals surface area contributed by atoms with Gasteiger partial charge in [-0.3, -0.25) is 4.90 Å². The third kappa shape index (κ3) is 6.34. The van der Waals surface area contributed by atoms with E-state index in [9.17, 15) is 13.2 Å². The van der Waals surface area contributed by atoms with Crippen LogP contribution in [0.5, 0.6) is 0 Å². The van der Waals surface area contributed by atoms with Crippen LogP contribution in [0.25, 0.3) is 0 Å². The molecule has 0 aliphatic carbocycles. The minimum Gasteiger partial charge on any atom is -0.464 e. The topological polar surface area (TPSA) is 40.9 Å². The molecule has 1 aromatic carbocycles. The van der Waals surface area contributed by atoms with E-state index in [-0.39, 0.29) is 15.8 Å². The maximum atomic E-state index is 13.4. The van der Waals surface area contributed by atoms with Crippen molar-refractivity contribution in [1.29, 1.82) is 0 Å². The minimum atomic E-state index is -4.56. The van der Waals surface area contributed by atoms with Gasteiger partial charge >= 0.3 is 6.18 Å². The average molecular weight is 462 g/mol. The molecule has 10 heteroatoms. The third-order valence-corrected chi connectivity index (χ3v) is 5.34. The summed E-state index contributed by atoms with van der Waals surface area (Å²) in [5, 5.41) is 2.95. The molecular weight excluding hydrogens is 439 g/mol. The van der Waals surface area contributed by atoms with Crippen molar-refractivity contribution >= 4 is 34.6 Å². The van der Waals surface area contributed by atoms with Crippen molar-refractivity contribution < 1.29 is 22.3 Å². The van der Waals surface area contributed by atoms with E-state index < -0.39 is 11.7 Å². The van der Waals surface area contributed by atoms with Crippen LogP contribution in [0.1, 0.15) is 17.1 Å². The highest BCUT2D eigenvalue weighted by molar-refractivity contribution is 7.80. The highest BCUT2D eigenvalue weighted by Gasteiger charge is 2.34. The molecule has 3 rings (SSSR count). The van der Waals surface area contributed by atoms with Crippen molar-refractivity contribution in [2.45, 2.75) is 19.6 Å². The van der Waals surface area contributed by atoms with Gasteiger partial charge in [0.05, 0.1) is 31.0 Å². The van der Waals surface area contributed by atoms with E-state index in [2.05, 4.69) is 10.2 Å². The van der Waals surface area contributed by atoms with Crippen LogP contribution in [0.3, 0.4) is 0 Å². The predicted molar refractivity (Wildman–Crippen MR) is 114 cm³/mol. The Bertz CT molecular complexity index is 869. The van der Waals surface area contributed by atoms with Crippen molar-refractivity contribution in [3.63, 3.8) is 0 Å². The van der Waals surface area contributed by atoms with Gasteiger partial charge in [0.2, 0.25) is 0 Å². The maximum absolute atomic E-state index is 13.4. The van der Waals surface area contributed by atoms with E-state index in [4.69, 9.17) is 33.0 Å². The van der Waals surface area contributed by atoms with E-state index >= 15 is 0 Å². The summed E-state index contributed by atoms with van der Waals surface area (Å²) in [6, 6.07) is 7.25. The second-order valence-corrected chi connectivity index (χ2v) is 7.83. The van der Waals surface area contributed by atoms with Gasteiger partial charge in [-0.1, -0.05) is 11.6 Å². The first-order valence-electron chi connectivity index (χ1n) is 9.50. The molecule has 1 saturated heterocycles. The first-order chi connectivity index (χ1) is 14.2. The zero-order chi connectivity index (χ0) is 21.7. The Labute approximate surface area is 183 Å². The van der Waals surface area contributed by atoms with Gasteiger partial charge in [0.25, 0.3) is 0 Å². The number of alkyl halides is 3. The van der Waals surface area contributed by atoms with E-state index in [0.29, 0.717) is 38.6 Å². The van der Waals surface area contributed by atoms with Crippen molar-refractivity contribution in [3.05, 3.63) is 52.4 Å². The number of nitrogens with one attached hydrogen (secondary N) is 1. The quantitative estimate of drug-likeness (QED) is 0.624. The van der Waals surface area contributed by atoms with Crippen LogP contribution in [-0.4, -0.2) is 54.3 Å². The van der Waals surface area contributed by atoms with Crippen molar-refractivity contribution in [3.8, 4) is 0 Å². The summed E-state index contributed by atoms with van der Waals surface area (Å²) in [7, 11) is 0. The normalized spacial score (nSPS) is 15.2. The summed E-state index contributed by atoms with van der Waals surface area (Å²) < 4.78 is 51.3. The average Bonchev–Trinajstić information content (AvgIpc) is 3.11. The number of benzene rings is 1. The number of thiocarbonyl (C=S) groups is 1. The lowest BCUT2D eigenvalue weighted by Gasteiger charge is -2.31. The molecular formula is C20H23ClF3N3O2S. The zero-order valence-corrected chi connectivity index (χ0v) is 18.0. The molecule has 2 heterocycles. The summed E-state index contributed by atoms with van der Waals surface area (Å²) >= 11 is 11.2. The summed E-state index contributed by atoms with van der Waals surface area (Å²) in [6.07, 6.45) is -4.56. The first kappa shape index (κ1) is 22.9. The Morgan fingerprint density at radius 2 is 1.97 bits per heavy atom. The molecule has 0 spiro atoms. The SMILES string of the molecule is Cc1ccc(CN(CCN2CCOCC2)C(=S)Nc2ccc(Cl)cc2C(F)(F)F)o1. The van der Waals surface area contributed by atoms with Crippen LogP contribution in [0.4, 0.5) is 18.9 Å². The van der Waals surface area contributed by atoms with Gasteiger partial charge in [0.1, 0.15) is 11.5 Å². The van der Waals surface area contributed by atoms with Gasteiger partial charge in [-0.2, -0.15) is 13.2 Å². The fraction of sp³-hybridized carbons (Fsp3) is 0.450.